The molecule has 0 aromatic heterocycles. The first-order valence-corrected chi connectivity index (χ1v) is 6.93. The number of nitrogens with zero attached hydrogens (tertiary/aromatic N) is 1. The van der Waals surface area contributed by atoms with Crippen LogP contribution in [-0.4, -0.2) is 22.8 Å². The summed E-state index contributed by atoms with van der Waals surface area (Å²) < 4.78 is 10.7. The minimum atomic E-state index is -1.97. The Morgan fingerprint density at radius 2 is 1.77 bits per heavy atom. The average molecular weight is 201 g/mol. The van der Waals surface area contributed by atoms with Gasteiger partial charge in [-0.2, -0.15) is 5.26 Å². The molecule has 0 aliphatic heterocycles. The fourth-order valence-corrected chi connectivity index (χ4v) is 2.54. The molecule has 0 spiro atoms. The summed E-state index contributed by atoms with van der Waals surface area (Å²) >= 11 is 0. The Balaban J connectivity index is 4.09. The van der Waals surface area contributed by atoms with Crippen LogP contribution in [0.25, 0.3) is 0 Å². The summed E-state index contributed by atoms with van der Waals surface area (Å²) in [5.74, 6) is 0. The lowest BCUT2D eigenvalue weighted by Gasteiger charge is -2.25. The van der Waals surface area contributed by atoms with Crippen LogP contribution < -0.4 is 0 Å². The van der Waals surface area contributed by atoms with Crippen molar-refractivity contribution >= 4 is 8.56 Å². The van der Waals surface area contributed by atoms with Crippen LogP contribution in [0.5, 0.6) is 0 Å². The van der Waals surface area contributed by atoms with Crippen LogP contribution in [-0.2, 0) is 8.85 Å². The van der Waals surface area contributed by atoms with E-state index in [4.69, 9.17) is 14.1 Å². The highest BCUT2D eigenvalue weighted by atomic mass is 28.4. The van der Waals surface area contributed by atoms with E-state index in [2.05, 4.69) is 6.07 Å². The Kier molecular flexibility index (Phi) is 4.61. The fourth-order valence-electron chi connectivity index (χ4n) is 0.883. The second-order valence-electron chi connectivity index (χ2n) is 4.04. The maximum atomic E-state index is 8.82. The second kappa shape index (κ2) is 4.75. The standard InChI is InChI=1S/C9H19NO2Si/c1-9(2,8-10)6-7-13(5,11-3)12-4/h6-7H2,1-5H3. The summed E-state index contributed by atoms with van der Waals surface area (Å²) in [6, 6.07) is 3.13. The van der Waals surface area contributed by atoms with Crippen molar-refractivity contribution in [2.45, 2.75) is 32.9 Å². The Morgan fingerprint density at radius 3 is 2.08 bits per heavy atom. The molecule has 0 amide bonds. The molecule has 0 radical (unpaired) electrons. The lowest BCUT2D eigenvalue weighted by atomic mass is 9.93. The molecule has 0 heterocycles. The minimum absolute atomic E-state index is 0.272. The van der Waals surface area contributed by atoms with Crippen molar-refractivity contribution < 1.29 is 8.85 Å². The summed E-state index contributed by atoms with van der Waals surface area (Å²) in [5.41, 5.74) is -0.272. The Bertz CT molecular complexity index is 194. The van der Waals surface area contributed by atoms with E-state index in [9.17, 15) is 0 Å². The minimum Gasteiger partial charge on any atom is -0.398 e. The third-order valence-electron chi connectivity index (χ3n) is 2.37. The third-order valence-corrected chi connectivity index (χ3v) is 5.26. The summed E-state index contributed by atoms with van der Waals surface area (Å²) in [7, 11) is 1.38. The van der Waals surface area contributed by atoms with Gasteiger partial charge in [-0.15, -0.1) is 0 Å². The van der Waals surface area contributed by atoms with Crippen LogP contribution in [0.4, 0.5) is 0 Å². The SMILES string of the molecule is CO[Si](C)(CCC(C)(C)C#N)OC. The molecule has 0 N–H and O–H groups in total. The molecule has 13 heavy (non-hydrogen) atoms. The number of hydrogen-bond donors (Lipinski definition) is 0. The van der Waals surface area contributed by atoms with E-state index in [1.807, 2.05) is 20.4 Å². The highest BCUT2D eigenvalue weighted by Crippen LogP contribution is 2.26. The lowest BCUT2D eigenvalue weighted by Crippen LogP contribution is -2.37. The highest BCUT2D eigenvalue weighted by Gasteiger charge is 2.31. The summed E-state index contributed by atoms with van der Waals surface area (Å²) in [6.45, 7) is 5.89. The molecule has 0 unspecified atom stereocenters. The quantitative estimate of drug-likeness (QED) is 0.641. The van der Waals surface area contributed by atoms with Crippen molar-refractivity contribution in [1.82, 2.24) is 0 Å². The van der Waals surface area contributed by atoms with E-state index >= 15 is 0 Å². The van der Waals surface area contributed by atoms with Gasteiger partial charge in [0.2, 0.25) is 0 Å². The zero-order valence-electron chi connectivity index (χ0n) is 9.18. The zero-order chi connectivity index (χ0) is 10.5. The molecule has 76 valence electrons. The molecule has 0 aliphatic carbocycles. The van der Waals surface area contributed by atoms with Crippen LogP contribution in [0.15, 0.2) is 0 Å². The van der Waals surface area contributed by atoms with Gasteiger partial charge in [0.05, 0.1) is 11.5 Å². The molecular formula is C9H19NO2Si. The zero-order valence-corrected chi connectivity index (χ0v) is 10.2. The van der Waals surface area contributed by atoms with Gasteiger partial charge >= 0.3 is 8.56 Å². The van der Waals surface area contributed by atoms with Crippen molar-refractivity contribution in [2.75, 3.05) is 14.2 Å². The highest BCUT2D eigenvalue weighted by molar-refractivity contribution is 6.65. The van der Waals surface area contributed by atoms with Crippen molar-refractivity contribution in [3.63, 3.8) is 0 Å². The van der Waals surface area contributed by atoms with Gasteiger partial charge in [0.25, 0.3) is 0 Å². The number of nitriles is 1. The van der Waals surface area contributed by atoms with Crippen LogP contribution in [0, 0.1) is 16.7 Å². The van der Waals surface area contributed by atoms with Gasteiger partial charge in [0.15, 0.2) is 0 Å². The van der Waals surface area contributed by atoms with Gasteiger partial charge in [-0.05, 0) is 32.9 Å². The molecular weight excluding hydrogens is 182 g/mol. The van der Waals surface area contributed by atoms with Crippen molar-refractivity contribution in [2.24, 2.45) is 5.41 Å². The van der Waals surface area contributed by atoms with E-state index in [1.165, 1.54) is 0 Å². The monoisotopic (exact) mass is 201 g/mol. The normalized spacial score (nSPS) is 12.6. The topological polar surface area (TPSA) is 42.2 Å². The molecule has 0 aliphatic rings. The van der Waals surface area contributed by atoms with Gasteiger partial charge in [-0.25, -0.2) is 0 Å². The predicted molar refractivity (Wildman–Crippen MR) is 54.5 cm³/mol. The average Bonchev–Trinajstić information content (AvgIpc) is 2.14. The van der Waals surface area contributed by atoms with Gasteiger partial charge in [-0.1, -0.05) is 0 Å². The first-order valence-electron chi connectivity index (χ1n) is 4.41. The van der Waals surface area contributed by atoms with Gasteiger partial charge in [0, 0.05) is 14.2 Å². The van der Waals surface area contributed by atoms with E-state index in [0.29, 0.717) is 0 Å². The molecule has 0 saturated carbocycles. The molecule has 0 saturated heterocycles. The maximum Gasteiger partial charge on any atom is 0.334 e. The van der Waals surface area contributed by atoms with E-state index in [0.717, 1.165) is 12.5 Å². The van der Waals surface area contributed by atoms with Crippen LogP contribution >= 0.6 is 0 Å². The Hall–Kier alpha value is -0.373. The summed E-state index contributed by atoms with van der Waals surface area (Å²) in [4.78, 5) is 0. The number of hydrogen-bond acceptors (Lipinski definition) is 3. The molecule has 0 aromatic carbocycles. The van der Waals surface area contributed by atoms with Crippen molar-refractivity contribution in [3.05, 3.63) is 0 Å². The Morgan fingerprint density at radius 1 is 1.31 bits per heavy atom. The lowest BCUT2D eigenvalue weighted by molar-refractivity contribution is 0.243. The Labute approximate surface area is 81.9 Å². The van der Waals surface area contributed by atoms with Gasteiger partial charge < -0.3 is 8.85 Å². The van der Waals surface area contributed by atoms with Crippen LogP contribution in [0.3, 0.4) is 0 Å². The molecule has 0 aromatic rings. The summed E-state index contributed by atoms with van der Waals surface area (Å²) in [5, 5.41) is 8.82. The van der Waals surface area contributed by atoms with Crippen LogP contribution in [0.1, 0.15) is 20.3 Å². The third kappa shape index (κ3) is 4.41. The summed E-state index contributed by atoms with van der Waals surface area (Å²) in [6.07, 6.45) is 0.827. The smallest absolute Gasteiger partial charge is 0.334 e. The predicted octanol–water partition coefficient (Wildman–Crippen LogP) is 2.29. The largest absolute Gasteiger partial charge is 0.398 e. The molecule has 0 atom stereocenters. The van der Waals surface area contributed by atoms with Crippen molar-refractivity contribution in [3.8, 4) is 6.07 Å². The van der Waals surface area contributed by atoms with E-state index in [-0.39, 0.29) is 5.41 Å². The molecule has 0 bridgehead atoms. The van der Waals surface area contributed by atoms with E-state index < -0.39 is 8.56 Å². The van der Waals surface area contributed by atoms with Gasteiger partial charge in [-0.3, -0.25) is 0 Å². The van der Waals surface area contributed by atoms with Gasteiger partial charge in [0.1, 0.15) is 0 Å². The first kappa shape index (κ1) is 12.6. The molecule has 4 heteroatoms. The van der Waals surface area contributed by atoms with Crippen LogP contribution in [0.2, 0.25) is 12.6 Å². The van der Waals surface area contributed by atoms with Crippen molar-refractivity contribution in [1.29, 1.82) is 5.26 Å². The maximum absolute atomic E-state index is 8.82. The van der Waals surface area contributed by atoms with E-state index in [1.54, 1.807) is 14.2 Å². The molecule has 0 fully saturated rings. The fraction of sp³-hybridized carbons (Fsp3) is 0.889. The second-order valence-corrected chi connectivity index (χ2v) is 7.62. The molecule has 3 nitrogen and oxygen atoms in total. The molecule has 0 rings (SSSR count). The number of rotatable bonds is 5. The first-order chi connectivity index (χ1) is 5.89.